The SMILES string of the molecule is CCC1(COCC2COC2)COC1. The molecule has 0 spiro atoms. The number of hydrogen-bond acceptors (Lipinski definition) is 3. The fraction of sp³-hybridized carbons (Fsp3) is 1.00. The highest BCUT2D eigenvalue weighted by Crippen LogP contribution is 2.31. The molecule has 0 saturated carbocycles. The van der Waals surface area contributed by atoms with Crippen molar-refractivity contribution in [1.82, 2.24) is 0 Å². The van der Waals surface area contributed by atoms with Crippen LogP contribution >= 0.6 is 0 Å². The van der Waals surface area contributed by atoms with Gasteiger partial charge in [0.05, 0.1) is 39.6 Å². The Morgan fingerprint density at radius 1 is 1.31 bits per heavy atom. The van der Waals surface area contributed by atoms with E-state index in [1.807, 2.05) is 0 Å². The number of rotatable bonds is 5. The molecule has 0 atom stereocenters. The summed E-state index contributed by atoms with van der Waals surface area (Å²) in [6.07, 6.45) is 1.16. The smallest absolute Gasteiger partial charge is 0.0566 e. The van der Waals surface area contributed by atoms with Crippen LogP contribution in [0.3, 0.4) is 0 Å². The summed E-state index contributed by atoms with van der Waals surface area (Å²) in [4.78, 5) is 0. The molecule has 2 aliphatic rings. The molecule has 0 aromatic heterocycles. The molecular weight excluding hydrogens is 168 g/mol. The fourth-order valence-corrected chi connectivity index (χ4v) is 1.60. The topological polar surface area (TPSA) is 27.7 Å². The Hall–Kier alpha value is -0.120. The molecule has 0 bridgehead atoms. The molecule has 2 saturated heterocycles. The summed E-state index contributed by atoms with van der Waals surface area (Å²) in [6, 6.07) is 0. The van der Waals surface area contributed by atoms with Crippen LogP contribution in [0.2, 0.25) is 0 Å². The van der Waals surface area contributed by atoms with Gasteiger partial charge in [-0.1, -0.05) is 6.92 Å². The van der Waals surface area contributed by atoms with E-state index in [1.54, 1.807) is 0 Å². The highest BCUT2D eigenvalue weighted by atomic mass is 16.5. The van der Waals surface area contributed by atoms with Crippen molar-refractivity contribution < 1.29 is 14.2 Å². The van der Waals surface area contributed by atoms with Crippen LogP contribution in [0, 0.1) is 11.3 Å². The lowest BCUT2D eigenvalue weighted by Crippen LogP contribution is -2.46. The van der Waals surface area contributed by atoms with Crippen molar-refractivity contribution in [3.05, 3.63) is 0 Å². The zero-order valence-corrected chi connectivity index (χ0v) is 8.25. The lowest BCUT2D eigenvalue weighted by molar-refractivity contribution is -0.162. The van der Waals surface area contributed by atoms with Gasteiger partial charge in [-0.3, -0.25) is 0 Å². The zero-order chi connectivity index (χ0) is 9.15. The Labute approximate surface area is 79.4 Å². The molecule has 0 N–H and O–H groups in total. The third-order valence-electron chi connectivity index (χ3n) is 3.04. The third kappa shape index (κ3) is 2.03. The van der Waals surface area contributed by atoms with Crippen LogP contribution in [0.5, 0.6) is 0 Å². The van der Waals surface area contributed by atoms with Gasteiger partial charge in [-0.25, -0.2) is 0 Å². The first-order chi connectivity index (χ1) is 6.35. The summed E-state index contributed by atoms with van der Waals surface area (Å²) in [6.45, 7) is 7.46. The van der Waals surface area contributed by atoms with Gasteiger partial charge in [-0.2, -0.15) is 0 Å². The average Bonchev–Trinajstić information content (AvgIpc) is 1.99. The van der Waals surface area contributed by atoms with Gasteiger partial charge in [0.25, 0.3) is 0 Å². The van der Waals surface area contributed by atoms with Crippen LogP contribution in [0.4, 0.5) is 0 Å². The highest BCUT2D eigenvalue weighted by molar-refractivity contribution is 4.84. The molecule has 3 nitrogen and oxygen atoms in total. The molecule has 13 heavy (non-hydrogen) atoms. The summed E-state index contributed by atoms with van der Waals surface area (Å²) < 4.78 is 16.0. The second-order valence-electron chi connectivity index (χ2n) is 4.26. The first kappa shape index (κ1) is 9.44. The van der Waals surface area contributed by atoms with Gasteiger partial charge < -0.3 is 14.2 Å². The summed E-state index contributed by atoms with van der Waals surface area (Å²) >= 11 is 0. The van der Waals surface area contributed by atoms with Gasteiger partial charge in [-0.05, 0) is 6.42 Å². The molecule has 0 unspecified atom stereocenters. The highest BCUT2D eigenvalue weighted by Gasteiger charge is 2.37. The van der Waals surface area contributed by atoms with E-state index in [0.717, 1.165) is 46.1 Å². The van der Waals surface area contributed by atoms with Crippen molar-refractivity contribution >= 4 is 0 Å². The predicted molar refractivity (Wildman–Crippen MR) is 48.7 cm³/mol. The van der Waals surface area contributed by atoms with E-state index >= 15 is 0 Å². The van der Waals surface area contributed by atoms with Crippen molar-refractivity contribution in [1.29, 1.82) is 0 Å². The maximum atomic E-state index is 5.68. The van der Waals surface area contributed by atoms with Crippen LogP contribution in [0.25, 0.3) is 0 Å². The first-order valence-corrected chi connectivity index (χ1v) is 5.08. The lowest BCUT2D eigenvalue weighted by Gasteiger charge is -2.41. The lowest BCUT2D eigenvalue weighted by atomic mass is 9.84. The maximum absolute atomic E-state index is 5.68. The zero-order valence-electron chi connectivity index (χ0n) is 8.25. The van der Waals surface area contributed by atoms with Crippen molar-refractivity contribution in [3.63, 3.8) is 0 Å². The molecule has 0 aromatic carbocycles. The molecule has 0 amide bonds. The number of hydrogen-bond donors (Lipinski definition) is 0. The molecule has 2 aliphatic heterocycles. The van der Waals surface area contributed by atoms with Crippen molar-refractivity contribution in [3.8, 4) is 0 Å². The molecule has 2 heterocycles. The molecule has 76 valence electrons. The predicted octanol–water partition coefficient (Wildman–Crippen LogP) is 1.08. The molecule has 0 aliphatic carbocycles. The van der Waals surface area contributed by atoms with E-state index in [9.17, 15) is 0 Å². The Morgan fingerprint density at radius 3 is 2.46 bits per heavy atom. The van der Waals surface area contributed by atoms with E-state index in [-0.39, 0.29) is 0 Å². The molecule has 0 aromatic rings. The minimum atomic E-state index is 0.338. The third-order valence-corrected chi connectivity index (χ3v) is 3.04. The molecule has 0 radical (unpaired) electrons. The van der Waals surface area contributed by atoms with Crippen molar-refractivity contribution in [2.75, 3.05) is 39.6 Å². The van der Waals surface area contributed by atoms with Gasteiger partial charge in [-0.15, -0.1) is 0 Å². The van der Waals surface area contributed by atoms with Gasteiger partial charge in [0.15, 0.2) is 0 Å². The van der Waals surface area contributed by atoms with Gasteiger partial charge in [0.2, 0.25) is 0 Å². The van der Waals surface area contributed by atoms with E-state index in [2.05, 4.69) is 6.92 Å². The Bertz CT molecular complexity index is 156. The maximum Gasteiger partial charge on any atom is 0.0566 e. The summed E-state index contributed by atoms with van der Waals surface area (Å²) in [5.41, 5.74) is 0.338. The van der Waals surface area contributed by atoms with Gasteiger partial charge >= 0.3 is 0 Å². The second-order valence-corrected chi connectivity index (χ2v) is 4.26. The second kappa shape index (κ2) is 3.95. The Balaban J connectivity index is 1.60. The summed E-state index contributed by atoms with van der Waals surface area (Å²) in [5, 5.41) is 0. The largest absolute Gasteiger partial charge is 0.381 e. The molecule has 2 rings (SSSR count). The minimum absolute atomic E-state index is 0.338. The van der Waals surface area contributed by atoms with E-state index in [1.165, 1.54) is 0 Å². The van der Waals surface area contributed by atoms with Crippen LogP contribution in [-0.2, 0) is 14.2 Å². The van der Waals surface area contributed by atoms with Gasteiger partial charge in [0, 0.05) is 11.3 Å². The quantitative estimate of drug-likeness (QED) is 0.643. The van der Waals surface area contributed by atoms with Crippen LogP contribution in [-0.4, -0.2) is 39.6 Å². The summed E-state index contributed by atoms with van der Waals surface area (Å²) in [7, 11) is 0. The molecular formula is C10H18O3. The molecule has 2 fully saturated rings. The standard InChI is InChI=1S/C10H18O3/c1-2-10(7-13-8-10)6-12-5-9-3-11-4-9/h9H,2-8H2,1H3. The van der Waals surface area contributed by atoms with Crippen LogP contribution < -0.4 is 0 Å². The Kier molecular flexibility index (Phi) is 2.86. The van der Waals surface area contributed by atoms with Crippen LogP contribution in [0.1, 0.15) is 13.3 Å². The van der Waals surface area contributed by atoms with Gasteiger partial charge in [0.1, 0.15) is 0 Å². The molecule has 3 heteroatoms. The average molecular weight is 186 g/mol. The van der Waals surface area contributed by atoms with E-state index in [4.69, 9.17) is 14.2 Å². The first-order valence-electron chi connectivity index (χ1n) is 5.08. The Morgan fingerprint density at radius 2 is 2.08 bits per heavy atom. The van der Waals surface area contributed by atoms with Crippen molar-refractivity contribution in [2.24, 2.45) is 11.3 Å². The minimum Gasteiger partial charge on any atom is -0.381 e. The normalized spacial score (nSPS) is 26.5. The monoisotopic (exact) mass is 186 g/mol. The van der Waals surface area contributed by atoms with E-state index in [0.29, 0.717) is 11.3 Å². The van der Waals surface area contributed by atoms with Crippen molar-refractivity contribution in [2.45, 2.75) is 13.3 Å². The summed E-state index contributed by atoms with van der Waals surface area (Å²) in [5.74, 6) is 0.648. The van der Waals surface area contributed by atoms with Crippen LogP contribution in [0.15, 0.2) is 0 Å². The fourth-order valence-electron chi connectivity index (χ4n) is 1.60. The van der Waals surface area contributed by atoms with E-state index < -0.39 is 0 Å². The number of ether oxygens (including phenoxy) is 3.